The number of hydrogen-bond donors (Lipinski definition) is 0. The van der Waals surface area contributed by atoms with Crippen LogP contribution < -0.4 is 0 Å². The van der Waals surface area contributed by atoms with Crippen LogP contribution in [0.15, 0.2) is 48.7 Å². The standard InChI is InChI=1S/C30H42N4O2/c1-22-11-12-26(31-20-22)29(25-9-7-6-8-10-25)33-17-18-34(27(21-33)30(3,4)5)28(36)19-24-13-15-32(16-14-24)23(2)35/h6-12,20,24,27,29H,13-19,21H2,1-5H3. The third-order valence-electron chi connectivity index (χ3n) is 7.95. The molecule has 1 aromatic carbocycles. The maximum absolute atomic E-state index is 13.6. The van der Waals surface area contributed by atoms with Gasteiger partial charge in [-0.1, -0.05) is 57.2 Å². The zero-order valence-corrected chi connectivity index (χ0v) is 22.6. The van der Waals surface area contributed by atoms with Crippen molar-refractivity contribution in [3.05, 3.63) is 65.5 Å². The van der Waals surface area contributed by atoms with Crippen LogP contribution in [0.2, 0.25) is 0 Å². The van der Waals surface area contributed by atoms with E-state index in [9.17, 15) is 9.59 Å². The third kappa shape index (κ3) is 6.15. The molecule has 0 bridgehead atoms. The Bertz CT molecular complexity index is 1020. The number of rotatable bonds is 5. The van der Waals surface area contributed by atoms with E-state index in [1.54, 1.807) is 6.92 Å². The van der Waals surface area contributed by atoms with Crippen molar-refractivity contribution in [3.8, 4) is 0 Å². The highest BCUT2D eigenvalue weighted by Crippen LogP contribution is 2.35. The Morgan fingerprint density at radius 3 is 2.28 bits per heavy atom. The number of hydrogen-bond acceptors (Lipinski definition) is 4. The van der Waals surface area contributed by atoms with E-state index in [0.29, 0.717) is 12.3 Å². The fourth-order valence-corrected chi connectivity index (χ4v) is 5.74. The van der Waals surface area contributed by atoms with Gasteiger partial charge in [0.1, 0.15) is 0 Å². The van der Waals surface area contributed by atoms with Gasteiger partial charge in [-0.2, -0.15) is 0 Å². The number of carbonyl (C=O) groups excluding carboxylic acids is 2. The average molecular weight is 491 g/mol. The van der Waals surface area contributed by atoms with E-state index >= 15 is 0 Å². The molecule has 0 spiro atoms. The normalized spacial score (nSPS) is 20.9. The number of nitrogens with zero attached hydrogens (tertiary/aromatic N) is 4. The second-order valence-corrected chi connectivity index (χ2v) is 11.7. The van der Waals surface area contributed by atoms with Crippen molar-refractivity contribution in [3.63, 3.8) is 0 Å². The SMILES string of the molecule is CC(=O)N1CCC(CC(=O)N2CCN(C(c3ccccc3)c3ccc(C)cn3)CC2C(C)(C)C)CC1. The lowest BCUT2D eigenvalue weighted by atomic mass is 9.82. The van der Waals surface area contributed by atoms with Crippen LogP contribution in [0.1, 0.15) is 69.8 Å². The fraction of sp³-hybridized carbons (Fsp3) is 0.567. The number of likely N-dealkylation sites (tertiary alicyclic amines) is 1. The number of benzene rings is 1. The van der Waals surface area contributed by atoms with E-state index in [4.69, 9.17) is 4.98 Å². The molecular weight excluding hydrogens is 448 g/mol. The molecule has 0 aliphatic carbocycles. The number of amides is 2. The first-order valence-corrected chi connectivity index (χ1v) is 13.4. The van der Waals surface area contributed by atoms with E-state index < -0.39 is 0 Å². The number of carbonyl (C=O) groups is 2. The topological polar surface area (TPSA) is 56.8 Å². The molecule has 2 amide bonds. The van der Waals surface area contributed by atoms with Gasteiger partial charge in [-0.3, -0.25) is 19.5 Å². The summed E-state index contributed by atoms with van der Waals surface area (Å²) in [5.74, 6) is 0.765. The Balaban J connectivity index is 1.52. The summed E-state index contributed by atoms with van der Waals surface area (Å²) in [5.41, 5.74) is 3.39. The van der Waals surface area contributed by atoms with Crippen molar-refractivity contribution in [2.24, 2.45) is 11.3 Å². The molecule has 4 rings (SSSR count). The molecule has 0 N–H and O–H groups in total. The van der Waals surface area contributed by atoms with Crippen LogP contribution in [0.3, 0.4) is 0 Å². The zero-order chi connectivity index (χ0) is 25.9. The van der Waals surface area contributed by atoms with Crippen LogP contribution in [0.5, 0.6) is 0 Å². The summed E-state index contributed by atoms with van der Waals surface area (Å²) >= 11 is 0. The predicted molar refractivity (Wildman–Crippen MR) is 143 cm³/mol. The minimum absolute atomic E-state index is 0.0474. The van der Waals surface area contributed by atoms with Crippen molar-refractivity contribution in [2.75, 3.05) is 32.7 Å². The summed E-state index contributed by atoms with van der Waals surface area (Å²) in [7, 11) is 0. The molecule has 2 saturated heterocycles. The van der Waals surface area contributed by atoms with Gasteiger partial charge >= 0.3 is 0 Å². The maximum Gasteiger partial charge on any atom is 0.223 e. The van der Waals surface area contributed by atoms with Crippen molar-refractivity contribution in [2.45, 2.75) is 66.0 Å². The van der Waals surface area contributed by atoms with Gasteiger partial charge in [-0.15, -0.1) is 0 Å². The van der Waals surface area contributed by atoms with Crippen molar-refractivity contribution >= 4 is 11.8 Å². The minimum atomic E-state index is -0.0474. The van der Waals surface area contributed by atoms with Gasteiger partial charge in [0.25, 0.3) is 0 Å². The highest BCUT2D eigenvalue weighted by atomic mass is 16.2. The summed E-state index contributed by atoms with van der Waals surface area (Å²) in [6.45, 7) is 14.3. The largest absolute Gasteiger partial charge is 0.343 e. The van der Waals surface area contributed by atoms with Crippen LogP contribution in [0.4, 0.5) is 0 Å². The van der Waals surface area contributed by atoms with Gasteiger partial charge < -0.3 is 9.80 Å². The first kappa shape index (κ1) is 26.3. The van der Waals surface area contributed by atoms with Crippen molar-refractivity contribution < 1.29 is 9.59 Å². The van der Waals surface area contributed by atoms with E-state index in [0.717, 1.165) is 56.8 Å². The summed E-state index contributed by atoms with van der Waals surface area (Å²) in [6.07, 6.45) is 4.37. The van der Waals surface area contributed by atoms with Gasteiger partial charge in [0.05, 0.1) is 11.7 Å². The first-order valence-electron chi connectivity index (χ1n) is 13.4. The molecule has 36 heavy (non-hydrogen) atoms. The Labute approximate surface area is 216 Å². The Morgan fingerprint density at radius 2 is 1.69 bits per heavy atom. The second-order valence-electron chi connectivity index (χ2n) is 11.7. The molecule has 1 aromatic heterocycles. The highest BCUT2D eigenvalue weighted by Gasteiger charge is 2.41. The van der Waals surface area contributed by atoms with Crippen LogP contribution in [0.25, 0.3) is 0 Å². The van der Waals surface area contributed by atoms with Crippen LogP contribution >= 0.6 is 0 Å². The number of aryl methyl sites for hydroxylation is 1. The number of aromatic nitrogens is 1. The van der Waals surface area contributed by atoms with E-state index in [1.807, 2.05) is 11.1 Å². The van der Waals surface area contributed by atoms with Gasteiger partial charge in [0.15, 0.2) is 0 Å². The smallest absolute Gasteiger partial charge is 0.223 e. The fourth-order valence-electron chi connectivity index (χ4n) is 5.74. The second kappa shape index (κ2) is 11.1. The van der Waals surface area contributed by atoms with E-state index in [1.165, 1.54) is 5.56 Å². The third-order valence-corrected chi connectivity index (χ3v) is 7.95. The number of piperidine rings is 1. The summed E-state index contributed by atoms with van der Waals surface area (Å²) < 4.78 is 0. The molecule has 2 aliphatic heterocycles. The molecular formula is C30H42N4O2. The molecule has 2 atom stereocenters. The molecule has 194 valence electrons. The van der Waals surface area contributed by atoms with Gasteiger partial charge in [0.2, 0.25) is 11.8 Å². The highest BCUT2D eigenvalue weighted by molar-refractivity contribution is 5.77. The van der Waals surface area contributed by atoms with E-state index in [2.05, 4.69) is 80.0 Å². The Kier molecular flexibility index (Phi) is 8.13. The number of pyridine rings is 1. The number of piperazine rings is 1. The van der Waals surface area contributed by atoms with Crippen molar-refractivity contribution in [1.29, 1.82) is 0 Å². The van der Waals surface area contributed by atoms with Gasteiger partial charge in [-0.05, 0) is 48.3 Å². The monoisotopic (exact) mass is 490 g/mol. The molecule has 2 unspecified atom stereocenters. The summed E-state index contributed by atoms with van der Waals surface area (Å²) in [6, 6.07) is 15.1. The quantitative estimate of drug-likeness (QED) is 0.610. The van der Waals surface area contributed by atoms with Crippen LogP contribution in [-0.4, -0.2) is 70.3 Å². The van der Waals surface area contributed by atoms with Crippen LogP contribution in [-0.2, 0) is 9.59 Å². The first-order chi connectivity index (χ1) is 17.1. The molecule has 0 saturated carbocycles. The molecule has 3 heterocycles. The Hall–Kier alpha value is -2.73. The lowest BCUT2D eigenvalue weighted by molar-refractivity contribution is -0.141. The molecule has 6 heteroatoms. The van der Waals surface area contributed by atoms with Gasteiger partial charge in [-0.25, -0.2) is 0 Å². The molecule has 6 nitrogen and oxygen atoms in total. The molecule has 0 radical (unpaired) electrons. The van der Waals surface area contributed by atoms with Crippen molar-refractivity contribution in [1.82, 2.24) is 19.7 Å². The zero-order valence-electron chi connectivity index (χ0n) is 22.6. The van der Waals surface area contributed by atoms with Crippen LogP contribution in [0, 0.1) is 18.3 Å². The van der Waals surface area contributed by atoms with E-state index in [-0.39, 0.29) is 29.3 Å². The lowest BCUT2D eigenvalue weighted by Crippen LogP contribution is -2.60. The minimum Gasteiger partial charge on any atom is -0.343 e. The average Bonchev–Trinajstić information content (AvgIpc) is 2.86. The predicted octanol–water partition coefficient (Wildman–Crippen LogP) is 4.69. The molecule has 2 aromatic rings. The molecule has 2 aliphatic rings. The maximum atomic E-state index is 13.6. The molecule has 2 fully saturated rings. The lowest BCUT2D eigenvalue weighted by Gasteiger charge is -2.49. The summed E-state index contributed by atoms with van der Waals surface area (Å²) in [4.78, 5) is 36.7. The summed E-state index contributed by atoms with van der Waals surface area (Å²) in [5, 5.41) is 0. The van der Waals surface area contributed by atoms with Gasteiger partial charge in [0, 0.05) is 58.3 Å². The Morgan fingerprint density at radius 1 is 1.00 bits per heavy atom.